The molecule has 0 amide bonds. The molecule has 0 saturated heterocycles. The van der Waals surface area contributed by atoms with Gasteiger partial charge in [0.25, 0.3) is 0 Å². The summed E-state index contributed by atoms with van der Waals surface area (Å²) in [4.78, 5) is 0. The van der Waals surface area contributed by atoms with E-state index in [1.54, 1.807) is 0 Å². The number of benzene rings is 1. The number of nitrogen functional groups attached to an aromatic ring is 1. The summed E-state index contributed by atoms with van der Waals surface area (Å²) < 4.78 is 70.4. The lowest BCUT2D eigenvalue weighted by Gasteiger charge is -2.23. The van der Waals surface area contributed by atoms with Crippen molar-refractivity contribution in [2.24, 2.45) is 0 Å². The lowest BCUT2D eigenvalue weighted by atomic mass is 10.1. The first-order valence-corrected chi connectivity index (χ1v) is 5.40. The maximum Gasteiger partial charge on any atom is 0.211 e. The highest BCUT2D eigenvalue weighted by molar-refractivity contribution is 6.38. The van der Waals surface area contributed by atoms with Gasteiger partial charge >= 0.3 is 0 Å². The van der Waals surface area contributed by atoms with Crippen LogP contribution in [0.5, 0.6) is 0 Å². The topological polar surface area (TPSA) is 58.3 Å². The van der Waals surface area contributed by atoms with Gasteiger partial charge in [-0.15, -0.1) is 0 Å². The average Bonchev–Trinajstić information content (AvgIpc) is 2.53. The van der Waals surface area contributed by atoms with Gasteiger partial charge in [0.2, 0.25) is 1.43 Å². The minimum Gasteiger partial charge on any atom is -0.396 e. The molecule has 1 unspecified atom stereocenters. The molecule has 0 heterocycles. The van der Waals surface area contributed by atoms with Gasteiger partial charge < -0.3 is 16.2 Å². The van der Waals surface area contributed by atoms with Crippen LogP contribution in [0.3, 0.4) is 0 Å². The summed E-state index contributed by atoms with van der Waals surface area (Å²) in [6, 6.07) is 0.306. The Bertz CT molecular complexity index is 698. The van der Waals surface area contributed by atoms with Gasteiger partial charge in [0.15, 0.2) is 0 Å². The van der Waals surface area contributed by atoms with Crippen molar-refractivity contribution >= 4 is 28.9 Å². The fourth-order valence-electron chi connectivity index (χ4n) is 0.904. The Hall–Kier alpha value is -0.480. The Labute approximate surface area is 125 Å². The lowest BCUT2D eigenvalue weighted by molar-refractivity contribution is 0.163. The number of anilines is 1. The number of β-amino-alcohol motifs (C(OH)–C–C–N with tert-alkyl or cyclic N) is 1. The fraction of sp³-hybridized carbons (Fsp3) is 0.500. The first-order valence-electron chi connectivity index (χ1n) is 9.00. The van der Waals surface area contributed by atoms with Crippen molar-refractivity contribution in [2.75, 3.05) is 12.2 Å². The molecule has 0 aromatic heterocycles. The molecule has 1 aromatic carbocycles. The Morgan fingerprint density at radius 3 is 3.12 bits per heavy atom. The summed E-state index contributed by atoms with van der Waals surface area (Å²) in [6.45, 7) is -3.84. The van der Waals surface area contributed by atoms with E-state index in [0.29, 0.717) is 0 Å². The first kappa shape index (κ1) is 6.11. The van der Waals surface area contributed by atoms with Crippen molar-refractivity contribution in [3.8, 4) is 0 Å². The Kier molecular flexibility index (Phi) is 1.96. The summed E-state index contributed by atoms with van der Waals surface area (Å²) in [5, 5.41) is 3.69. The summed E-state index contributed by atoms with van der Waals surface area (Å²) >= 11 is 11.8. The van der Waals surface area contributed by atoms with Crippen molar-refractivity contribution in [3.63, 3.8) is 0 Å². The van der Waals surface area contributed by atoms with E-state index >= 15 is 0 Å². The minimum atomic E-state index is -3.20. The third-order valence-electron chi connectivity index (χ3n) is 1.69. The highest BCUT2D eigenvalue weighted by Crippen LogP contribution is 2.31. The van der Waals surface area contributed by atoms with Crippen LogP contribution < -0.4 is 11.0 Å². The molecule has 1 aromatic rings. The van der Waals surface area contributed by atoms with E-state index in [0.717, 1.165) is 19.9 Å². The molecule has 0 spiro atoms. The zero-order valence-corrected chi connectivity index (χ0v) is 10.8. The maximum atomic E-state index is 8.32. The van der Waals surface area contributed by atoms with Gasteiger partial charge in [-0.1, -0.05) is 23.2 Å². The number of nitrogens with two attached hydrogens (primary N) is 1. The molecule has 17 heavy (non-hydrogen) atoms. The predicted octanol–water partition coefficient (Wildman–Crippen LogP) is 3.00. The summed E-state index contributed by atoms with van der Waals surface area (Å²) in [5.74, 6) is 0. The number of aliphatic hydroxyl groups is 1. The zero-order valence-electron chi connectivity index (χ0n) is 18.3. The molecular formula is C12H18Cl2N2O. The van der Waals surface area contributed by atoms with E-state index in [1.165, 1.54) is 0 Å². The number of rotatable bonds is 4. The van der Waals surface area contributed by atoms with Gasteiger partial charge in [-0.2, -0.15) is 0 Å². The van der Waals surface area contributed by atoms with E-state index in [-0.39, 0.29) is 21.0 Å². The van der Waals surface area contributed by atoms with Crippen LogP contribution in [0.2, 0.25) is 11.5 Å². The lowest BCUT2D eigenvalue weighted by Crippen LogP contribution is -2.38. The van der Waals surface area contributed by atoms with Gasteiger partial charge in [-0.3, -0.25) is 0 Å². The third kappa shape index (κ3) is 4.36. The minimum absolute atomic E-state index is 0.0200. The second-order valence-electron chi connectivity index (χ2n) is 3.87. The predicted molar refractivity (Wildman–Crippen MR) is 73.6 cm³/mol. The van der Waals surface area contributed by atoms with Crippen LogP contribution in [-0.2, 0) is 0 Å². The van der Waals surface area contributed by atoms with Crippen LogP contribution in [0.25, 0.3) is 0 Å². The summed E-state index contributed by atoms with van der Waals surface area (Å²) in [7, 11) is 0. The average molecular weight is 286 g/mol. The molecule has 3 nitrogen and oxygen atoms in total. The number of hydrogen-bond acceptors (Lipinski definition) is 3. The maximum absolute atomic E-state index is 8.32. The fourth-order valence-corrected chi connectivity index (χ4v) is 1.36. The van der Waals surface area contributed by atoms with E-state index in [9.17, 15) is 0 Å². The first-order chi connectivity index (χ1) is 11.5. The van der Waals surface area contributed by atoms with E-state index in [1.807, 2.05) is 0 Å². The second kappa shape index (κ2) is 5.44. The standard InChI is InChI=1S/C12H18Cl2N2O/c1-12(2,3)16-6-10(17)7-4-8(13)11(15)9(14)5-7/h4-5,10,16-17H,6,15H2,1-3H3/i1D3,4D,6D2,10D,17D/hD. The highest BCUT2D eigenvalue weighted by atomic mass is 35.5. The molecule has 96 valence electrons. The molecule has 0 bridgehead atoms. The van der Waals surface area contributed by atoms with Crippen LogP contribution in [0, 0.1) is 0 Å². The van der Waals surface area contributed by atoms with Gasteiger partial charge in [0, 0.05) is 18.9 Å². The molecular weight excluding hydrogens is 259 g/mol. The van der Waals surface area contributed by atoms with Crippen molar-refractivity contribution in [1.82, 2.24) is 5.31 Å². The van der Waals surface area contributed by atoms with Crippen LogP contribution in [0.15, 0.2) is 12.1 Å². The quantitative estimate of drug-likeness (QED) is 0.746. The number of nitrogens with one attached hydrogen (secondary N) is 1. The van der Waals surface area contributed by atoms with Gasteiger partial charge in [0.05, 0.1) is 24.6 Å². The van der Waals surface area contributed by atoms with Gasteiger partial charge in [-0.05, 0) is 38.4 Å². The molecule has 4 N–H and O–H groups in total. The normalized spacial score (nSPS) is 25.1. The number of hydrogen-bond donors (Lipinski definition) is 3. The van der Waals surface area contributed by atoms with E-state index in [4.69, 9.17) is 41.4 Å². The molecule has 1 atom stereocenters. The molecule has 1 rings (SSSR count). The molecule has 0 aliphatic carbocycles. The highest BCUT2D eigenvalue weighted by Gasteiger charge is 2.15. The van der Waals surface area contributed by atoms with Crippen LogP contribution >= 0.6 is 23.2 Å². The van der Waals surface area contributed by atoms with Crippen molar-refractivity contribution in [3.05, 3.63) is 27.7 Å². The van der Waals surface area contributed by atoms with Crippen molar-refractivity contribution in [1.29, 1.82) is 1.43 Å². The zero-order chi connectivity index (χ0) is 20.9. The monoisotopic (exact) mass is 285 g/mol. The van der Waals surface area contributed by atoms with Gasteiger partial charge in [0.1, 0.15) is 1.41 Å². The van der Waals surface area contributed by atoms with Crippen LogP contribution in [-0.4, -0.2) is 18.6 Å². The third-order valence-corrected chi connectivity index (χ3v) is 2.30. The van der Waals surface area contributed by atoms with Crippen LogP contribution in [0.1, 0.15) is 41.9 Å². The SMILES string of the molecule is [2H]OC([2H])(c1cc(Cl)c(N)c(Cl)c1[2H])C([2H])([2H])N([2H])C(C)(C)C([2H])([2H])[2H]. The smallest absolute Gasteiger partial charge is 0.211 e. The molecule has 5 heteroatoms. The van der Waals surface area contributed by atoms with Crippen molar-refractivity contribution in [2.45, 2.75) is 32.3 Å². The van der Waals surface area contributed by atoms with E-state index < -0.39 is 36.6 Å². The molecule has 0 aliphatic heterocycles. The summed E-state index contributed by atoms with van der Waals surface area (Å²) in [6.07, 6.45) is -3.03. The Balaban J connectivity index is 3.67. The second-order valence-corrected chi connectivity index (χ2v) is 4.66. The Morgan fingerprint density at radius 2 is 2.53 bits per heavy atom. The van der Waals surface area contributed by atoms with Crippen molar-refractivity contribution < 1.29 is 16.1 Å². The number of halogens is 2. The van der Waals surface area contributed by atoms with Gasteiger partial charge in [-0.25, -0.2) is 0 Å². The molecule has 0 saturated carbocycles. The Morgan fingerprint density at radius 1 is 1.82 bits per heavy atom. The van der Waals surface area contributed by atoms with E-state index in [2.05, 4.69) is 5.11 Å². The molecule has 0 aliphatic rings. The molecule has 0 fully saturated rings. The summed E-state index contributed by atoms with van der Waals surface area (Å²) in [5.41, 5.74) is 2.76. The molecule has 0 radical (unpaired) electrons. The van der Waals surface area contributed by atoms with Crippen LogP contribution in [0.4, 0.5) is 5.69 Å². The largest absolute Gasteiger partial charge is 0.396 e.